The molecule has 0 saturated carbocycles. The van der Waals surface area contributed by atoms with Crippen molar-refractivity contribution in [2.45, 2.75) is 31.2 Å². The number of nitrogens with two attached hydrogens (primary N) is 1. The molecule has 4 rings (SSSR count). The summed E-state index contributed by atoms with van der Waals surface area (Å²) >= 11 is 6.03. The van der Waals surface area contributed by atoms with Crippen LogP contribution in [0.3, 0.4) is 0 Å². The number of piperidine rings is 1. The monoisotopic (exact) mass is 473 g/mol. The maximum atomic E-state index is 14.4. The van der Waals surface area contributed by atoms with E-state index in [0.29, 0.717) is 41.0 Å². The molecule has 4 N–H and O–H groups in total. The van der Waals surface area contributed by atoms with Crippen molar-refractivity contribution in [3.05, 3.63) is 35.5 Å². The summed E-state index contributed by atoms with van der Waals surface area (Å²) in [5, 5.41) is 13.3. The Morgan fingerprint density at radius 1 is 1.31 bits per heavy atom. The number of pyridine rings is 1. The predicted molar refractivity (Wildman–Crippen MR) is 111 cm³/mol. The molecule has 0 bridgehead atoms. The van der Waals surface area contributed by atoms with Gasteiger partial charge in [0.2, 0.25) is 0 Å². The number of β-amino-alcohol motifs (C(OH)–C–C–N with tert-alkyl or cyclic N) is 1. The Morgan fingerprint density at radius 3 is 2.84 bits per heavy atom. The molecule has 1 saturated heterocycles. The topological polar surface area (TPSA) is 105 Å². The number of aliphatic hydroxyl groups excluding tert-OH is 1. The number of anilines is 1. The molecule has 1 unspecified atom stereocenters. The number of hydrogen-bond donors (Lipinski definition) is 3. The van der Waals surface area contributed by atoms with Gasteiger partial charge in [-0.25, -0.2) is 19.3 Å². The highest BCUT2D eigenvalue weighted by molar-refractivity contribution is 6.31. The molecule has 0 amide bonds. The van der Waals surface area contributed by atoms with Crippen molar-refractivity contribution in [1.29, 1.82) is 0 Å². The van der Waals surface area contributed by atoms with E-state index in [-0.39, 0.29) is 24.2 Å². The number of aliphatic hydroxyl groups is 1. The van der Waals surface area contributed by atoms with E-state index in [0.717, 1.165) is 6.20 Å². The number of fused-ring (bicyclic) bond motifs is 1. The maximum Gasteiger partial charge on any atom is 0.415 e. The summed E-state index contributed by atoms with van der Waals surface area (Å²) in [6.45, 7) is 0.0725. The lowest BCUT2D eigenvalue weighted by atomic mass is 10.1. The smallest absolute Gasteiger partial charge is 0.382 e. The molecule has 4 heterocycles. The molecule has 1 aliphatic rings. The van der Waals surface area contributed by atoms with E-state index in [4.69, 9.17) is 17.4 Å². The van der Waals surface area contributed by atoms with Crippen LogP contribution < -0.4 is 11.2 Å². The molecule has 3 aromatic rings. The molecule has 2 atom stereocenters. The zero-order chi connectivity index (χ0) is 23.0. The standard InChI is InChI=1S/C19H20ClF4N7O/c20-10-4-12-13(8-31(25)18(12)27-5-10)16-26-6-14(21)17(29-16)28-11-2-1-3-30(7-11)9-15(32)19(22,23)24/h4-6,8,11,15,32H,1-3,7,9,25H2,(H,26,28,29)/t11-,15?/m0/s1. The summed E-state index contributed by atoms with van der Waals surface area (Å²) in [5.74, 6) is 5.34. The molecule has 3 aromatic heterocycles. The van der Waals surface area contributed by atoms with E-state index in [2.05, 4.69) is 20.3 Å². The van der Waals surface area contributed by atoms with E-state index in [1.165, 1.54) is 15.8 Å². The van der Waals surface area contributed by atoms with Crippen LogP contribution in [0.15, 0.2) is 24.7 Å². The van der Waals surface area contributed by atoms with Gasteiger partial charge in [-0.05, 0) is 25.5 Å². The van der Waals surface area contributed by atoms with E-state index in [1.54, 1.807) is 12.3 Å². The Morgan fingerprint density at radius 2 is 2.09 bits per heavy atom. The number of likely N-dealkylation sites (tertiary alicyclic amines) is 1. The van der Waals surface area contributed by atoms with Crippen LogP contribution in [0, 0.1) is 5.82 Å². The average Bonchev–Trinajstić information content (AvgIpc) is 3.05. The fraction of sp³-hybridized carbons (Fsp3) is 0.421. The number of nitrogens with one attached hydrogen (secondary N) is 1. The second-order valence-electron chi connectivity index (χ2n) is 7.67. The molecular formula is C19H20ClF4N7O. The first-order valence-electron chi connectivity index (χ1n) is 9.80. The molecule has 0 spiro atoms. The molecule has 0 aromatic carbocycles. The van der Waals surface area contributed by atoms with E-state index < -0.39 is 24.6 Å². The minimum Gasteiger partial charge on any atom is -0.382 e. The van der Waals surface area contributed by atoms with Crippen LogP contribution in [-0.2, 0) is 0 Å². The lowest BCUT2D eigenvalue weighted by molar-refractivity contribution is -0.208. The molecule has 172 valence electrons. The third-order valence-corrected chi connectivity index (χ3v) is 5.48. The molecule has 8 nitrogen and oxygen atoms in total. The lowest BCUT2D eigenvalue weighted by Crippen LogP contribution is -2.48. The lowest BCUT2D eigenvalue weighted by Gasteiger charge is -2.34. The third-order valence-electron chi connectivity index (χ3n) is 5.28. The summed E-state index contributed by atoms with van der Waals surface area (Å²) in [4.78, 5) is 14.0. The Hall–Kier alpha value is -2.70. The van der Waals surface area contributed by atoms with Gasteiger partial charge in [0.1, 0.15) is 0 Å². The van der Waals surface area contributed by atoms with Crippen molar-refractivity contribution >= 4 is 28.5 Å². The van der Waals surface area contributed by atoms with Gasteiger partial charge in [0.05, 0.1) is 11.2 Å². The van der Waals surface area contributed by atoms with Crippen molar-refractivity contribution in [2.75, 3.05) is 30.8 Å². The normalized spacial score (nSPS) is 18.8. The van der Waals surface area contributed by atoms with Crippen LogP contribution in [0.25, 0.3) is 22.4 Å². The summed E-state index contributed by atoms with van der Waals surface area (Å²) in [6, 6.07) is 1.29. The quantitative estimate of drug-likeness (QED) is 0.386. The van der Waals surface area contributed by atoms with Gasteiger partial charge in [-0.15, -0.1) is 0 Å². The summed E-state index contributed by atoms with van der Waals surface area (Å²) in [6.07, 6.45) is -1.92. The van der Waals surface area contributed by atoms with Gasteiger partial charge in [-0.3, -0.25) is 9.58 Å². The van der Waals surface area contributed by atoms with Crippen LogP contribution in [0.2, 0.25) is 5.02 Å². The highest BCUT2D eigenvalue weighted by atomic mass is 35.5. The Kier molecular flexibility index (Phi) is 6.10. The number of nitrogens with zero attached hydrogens (tertiary/aromatic N) is 5. The van der Waals surface area contributed by atoms with Gasteiger partial charge >= 0.3 is 6.18 Å². The third kappa shape index (κ3) is 4.71. The van der Waals surface area contributed by atoms with E-state index in [1.807, 2.05) is 0 Å². The van der Waals surface area contributed by atoms with Gasteiger partial charge < -0.3 is 16.3 Å². The zero-order valence-electron chi connectivity index (χ0n) is 16.7. The van der Waals surface area contributed by atoms with Crippen LogP contribution >= 0.6 is 11.6 Å². The Labute approximate surface area is 185 Å². The zero-order valence-corrected chi connectivity index (χ0v) is 17.4. The van der Waals surface area contributed by atoms with Crippen LogP contribution in [0.1, 0.15) is 12.8 Å². The minimum absolute atomic E-state index is 0.0777. The molecular weight excluding hydrogens is 454 g/mol. The molecule has 1 aliphatic heterocycles. The average molecular weight is 474 g/mol. The number of halogens is 5. The highest BCUT2D eigenvalue weighted by Gasteiger charge is 2.39. The summed E-state index contributed by atoms with van der Waals surface area (Å²) in [5.41, 5.74) is 0.942. The van der Waals surface area contributed by atoms with Crippen molar-refractivity contribution in [2.24, 2.45) is 0 Å². The highest BCUT2D eigenvalue weighted by Crippen LogP contribution is 2.30. The van der Waals surface area contributed by atoms with E-state index >= 15 is 0 Å². The second kappa shape index (κ2) is 8.68. The first kappa shape index (κ1) is 22.5. The maximum absolute atomic E-state index is 14.4. The summed E-state index contributed by atoms with van der Waals surface area (Å²) in [7, 11) is 0. The number of aromatic nitrogens is 4. The van der Waals surface area contributed by atoms with Crippen molar-refractivity contribution in [1.82, 2.24) is 24.5 Å². The number of nitrogen functional groups attached to an aromatic ring is 1. The van der Waals surface area contributed by atoms with Crippen LogP contribution in [0.4, 0.5) is 23.4 Å². The van der Waals surface area contributed by atoms with Crippen molar-refractivity contribution in [3.8, 4) is 11.4 Å². The first-order valence-corrected chi connectivity index (χ1v) is 10.2. The van der Waals surface area contributed by atoms with Crippen LogP contribution in [-0.4, -0.2) is 67.6 Å². The van der Waals surface area contributed by atoms with Gasteiger partial charge in [-0.1, -0.05) is 11.6 Å². The number of alkyl halides is 3. The van der Waals surface area contributed by atoms with Gasteiger partial charge in [0.25, 0.3) is 0 Å². The fourth-order valence-electron chi connectivity index (χ4n) is 3.76. The Balaban J connectivity index is 1.55. The predicted octanol–water partition coefficient (Wildman–Crippen LogP) is 2.80. The summed E-state index contributed by atoms with van der Waals surface area (Å²) < 4.78 is 53.7. The molecule has 0 aliphatic carbocycles. The van der Waals surface area contributed by atoms with Gasteiger partial charge in [-0.2, -0.15) is 13.2 Å². The molecule has 1 fully saturated rings. The van der Waals surface area contributed by atoms with Crippen LogP contribution in [0.5, 0.6) is 0 Å². The number of rotatable bonds is 5. The van der Waals surface area contributed by atoms with Crippen molar-refractivity contribution in [3.63, 3.8) is 0 Å². The largest absolute Gasteiger partial charge is 0.415 e. The molecule has 0 radical (unpaired) electrons. The fourth-order valence-corrected chi connectivity index (χ4v) is 3.92. The SMILES string of the molecule is Nn1cc(-c2ncc(F)c(N[C@H]3CCCN(CC(O)C(F)(F)F)C3)n2)c2cc(Cl)cnc21. The van der Waals surface area contributed by atoms with Gasteiger partial charge in [0, 0.05) is 42.5 Å². The second-order valence-corrected chi connectivity index (χ2v) is 8.10. The van der Waals surface area contributed by atoms with Crippen molar-refractivity contribution < 1.29 is 22.7 Å². The minimum atomic E-state index is -4.69. The first-order chi connectivity index (χ1) is 15.1. The Bertz CT molecular complexity index is 1120. The number of hydrogen-bond acceptors (Lipinski definition) is 7. The van der Waals surface area contributed by atoms with Gasteiger partial charge in [0.15, 0.2) is 29.2 Å². The molecule has 13 heteroatoms. The molecule has 32 heavy (non-hydrogen) atoms. The van der Waals surface area contributed by atoms with E-state index in [9.17, 15) is 22.7 Å².